The highest BCUT2D eigenvalue weighted by molar-refractivity contribution is 5.93. The van der Waals surface area contributed by atoms with Gasteiger partial charge in [-0.3, -0.25) is 9.38 Å². The standard InChI is InChI=1S/C26H22FN5O2/c1-3-15-11-12-29-20-10-7-17(13-19(15)20)23-22(16-5-8-18(27)9-6-16)31-24(28)25-30-21(14-32(23)25)26(33)34-4-2/h5-14H,3-4H2,1-2H3,(H2,28,31). The zero-order chi connectivity index (χ0) is 23.8. The van der Waals surface area contributed by atoms with Gasteiger partial charge in [-0.1, -0.05) is 13.0 Å². The Labute approximate surface area is 195 Å². The molecular weight excluding hydrogens is 433 g/mol. The number of aryl methyl sites for hydroxylation is 1. The number of carbonyl (C=O) groups excluding carboxylic acids is 1. The number of nitrogen functional groups attached to an aromatic ring is 1. The highest BCUT2D eigenvalue weighted by Gasteiger charge is 2.21. The van der Waals surface area contributed by atoms with Crippen molar-refractivity contribution < 1.29 is 13.9 Å². The van der Waals surface area contributed by atoms with Gasteiger partial charge in [-0.15, -0.1) is 0 Å². The van der Waals surface area contributed by atoms with E-state index in [1.165, 1.54) is 12.1 Å². The number of imidazole rings is 1. The summed E-state index contributed by atoms with van der Waals surface area (Å²) in [5.74, 6) is -0.748. The molecule has 0 saturated heterocycles. The summed E-state index contributed by atoms with van der Waals surface area (Å²) in [5, 5.41) is 1.02. The minimum atomic E-state index is -0.545. The number of nitrogens with two attached hydrogens (primary N) is 1. The van der Waals surface area contributed by atoms with Gasteiger partial charge in [0.05, 0.1) is 23.5 Å². The topological polar surface area (TPSA) is 95.4 Å². The van der Waals surface area contributed by atoms with E-state index in [0.29, 0.717) is 22.6 Å². The first kappa shape index (κ1) is 21.5. The van der Waals surface area contributed by atoms with Crippen molar-refractivity contribution in [3.8, 4) is 22.5 Å². The summed E-state index contributed by atoms with van der Waals surface area (Å²) in [6.45, 7) is 4.05. The maximum atomic E-state index is 13.7. The number of fused-ring (bicyclic) bond motifs is 2. The third-order valence-electron chi connectivity index (χ3n) is 5.72. The molecule has 0 spiro atoms. The molecule has 0 radical (unpaired) electrons. The zero-order valence-corrected chi connectivity index (χ0v) is 18.7. The van der Waals surface area contributed by atoms with Crippen LogP contribution >= 0.6 is 0 Å². The fourth-order valence-electron chi connectivity index (χ4n) is 4.12. The van der Waals surface area contributed by atoms with E-state index in [9.17, 15) is 9.18 Å². The molecular formula is C26H22FN5O2. The Morgan fingerprint density at radius 1 is 1.06 bits per heavy atom. The van der Waals surface area contributed by atoms with E-state index in [1.54, 1.807) is 35.9 Å². The highest BCUT2D eigenvalue weighted by Crippen LogP contribution is 2.35. The van der Waals surface area contributed by atoms with Crippen molar-refractivity contribution in [2.24, 2.45) is 0 Å². The van der Waals surface area contributed by atoms with E-state index in [2.05, 4.69) is 21.9 Å². The van der Waals surface area contributed by atoms with Gasteiger partial charge < -0.3 is 10.5 Å². The molecule has 0 bridgehead atoms. The Morgan fingerprint density at radius 3 is 2.56 bits per heavy atom. The van der Waals surface area contributed by atoms with Gasteiger partial charge in [0.15, 0.2) is 17.2 Å². The summed E-state index contributed by atoms with van der Waals surface area (Å²) in [5.41, 5.74) is 11.5. The number of esters is 1. The molecule has 3 heterocycles. The fourth-order valence-corrected chi connectivity index (χ4v) is 4.12. The van der Waals surface area contributed by atoms with Gasteiger partial charge >= 0.3 is 5.97 Å². The molecule has 5 aromatic rings. The summed E-state index contributed by atoms with van der Waals surface area (Å²) in [7, 11) is 0. The van der Waals surface area contributed by atoms with Crippen LogP contribution in [0, 0.1) is 5.82 Å². The molecule has 5 rings (SSSR count). The third kappa shape index (κ3) is 3.63. The van der Waals surface area contributed by atoms with Crippen molar-refractivity contribution >= 4 is 28.3 Å². The molecule has 3 aromatic heterocycles. The maximum Gasteiger partial charge on any atom is 0.358 e. The number of anilines is 1. The zero-order valence-electron chi connectivity index (χ0n) is 18.7. The predicted molar refractivity (Wildman–Crippen MR) is 129 cm³/mol. The fraction of sp³-hybridized carbons (Fsp3) is 0.154. The van der Waals surface area contributed by atoms with E-state index >= 15 is 0 Å². The lowest BCUT2D eigenvalue weighted by Crippen LogP contribution is -2.04. The Morgan fingerprint density at radius 2 is 1.82 bits per heavy atom. The molecule has 7 nitrogen and oxygen atoms in total. The van der Waals surface area contributed by atoms with Crippen LogP contribution in [-0.4, -0.2) is 31.9 Å². The number of benzene rings is 2. The van der Waals surface area contributed by atoms with Crippen LogP contribution in [0.3, 0.4) is 0 Å². The van der Waals surface area contributed by atoms with Crippen LogP contribution in [0.1, 0.15) is 29.9 Å². The van der Waals surface area contributed by atoms with Crippen LogP contribution in [0.15, 0.2) is 60.9 Å². The first-order chi connectivity index (χ1) is 16.5. The second-order valence-corrected chi connectivity index (χ2v) is 7.80. The second-order valence-electron chi connectivity index (χ2n) is 7.80. The van der Waals surface area contributed by atoms with Crippen LogP contribution in [0.25, 0.3) is 39.1 Å². The minimum absolute atomic E-state index is 0.129. The van der Waals surface area contributed by atoms with E-state index in [0.717, 1.165) is 28.5 Å². The van der Waals surface area contributed by atoms with E-state index in [4.69, 9.17) is 10.5 Å². The summed E-state index contributed by atoms with van der Waals surface area (Å²) in [6.07, 6.45) is 4.25. The van der Waals surface area contributed by atoms with Crippen LogP contribution < -0.4 is 5.73 Å². The van der Waals surface area contributed by atoms with Crippen LogP contribution in [0.4, 0.5) is 10.2 Å². The third-order valence-corrected chi connectivity index (χ3v) is 5.72. The normalized spacial score (nSPS) is 11.3. The average molecular weight is 455 g/mol. The minimum Gasteiger partial charge on any atom is -0.461 e. The van der Waals surface area contributed by atoms with Crippen molar-refractivity contribution in [2.45, 2.75) is 20.3 Å². The molecule has 0 amide bonds. The van der Waals surface area contributed by atoms with Gasteiger partial charge in [-0.2, -0.15) is 0 Å². The number of hydrogen-bond donors (Lipinski definition) is 1. The molecule has 170 valence electrons. The Balaban J connectivity index is 1.84. The largest absolute Gasteiger partial charge is 0.461 e. The molecule has 2 N–H and O–H groups in total. The van der Waals surface area contributed by atoms with E-state index in [1.807, 2.05) is 24.3 Å². The van der Waals surface area contributed by atoms with Crippen molar-refractivity contribution in [1.29, 1.82) is 0 Å². The molecule has 2 aromatic carbocycles. The smallest absolute Gasteiger partial charge is 0.358 e. The summed E-state index contributed by atoms with van der Waals surface area (Å²) in [6, 6.07) is 14.0. The summed E-state index contributed by atoms with van der Waals surface area (Å²) >= 11 is 0. The molecule has 0 atom stereocenters. The van der Waals surface area contributed by atoms with Crippen LogP contribution in [0.2, 0.25) is 0 Å². The Bertz CT molecular complexity index is 1540. The monoisotopic (exact) mass is 455 g/mol. The molecule has 0 aliphatic carbocycles. The number of nitrogens with zero attached hydrogens (tertiary/aromatic N) is 4. The predicted octanol–water partition coefficient (Wildman–Crippen LogP) is 5.07. The first-order valence-corrected chi connectivity index (χ1v) is 11.0. The van der Waals surface area contributed by atoms with Crippen molar-refractivity contribution in [1.82, 2.24) is 19.4 Å². The van der Waals surface area contributed by atoms with Gasteiger partial charge in [0.1, 0.15) is 5.82 Å². The van der Waals surface area contributed by atoms with Gasteiger partial charge in [0.2, 0.25) is 0 Å². The maximum absolute atomic E-state index is 13.7. The number of ether oxygens (including phenoxy) is 1. The van der Waals surface area contributed by atoms with Gasteiger partial charge in [0, 0.05) is 28.9 Å². The lowest BCUT2D eigenvalue weighted by Gasteiger charge is -2.15. The van der Waals surface area contributed by atoms with Crippen molar-refractivity contribution in [2.75, 3.05) is 12.3 Å². The number of halogens is 1. The van der Waals surface area contributed by atoms with Crippen molar-refractivity contribution in [3.63, 3.8) is 0 Å². The molecule has 0 aliphatic heterocycles. The van der Waals surface area contributed by atoms with Gasteiger partial charge in [0.25, 0.3) is 0 Å². The molecule has 0 fully saturated rings. The quantitative estimate of drug-likeness (QED) is 0.372. The number of hydrogen-bond acceptors (Lipinski definition) is 6. The van der Waals surface area contributed by atoms with Crippen LogP contribution in [-0.2, 0) is 11.2 Å². The average Bonchev–Trinajstić information content (AvgIpc) is 3.30. The first-order valence-electron chi connectivity index (χ1n) is 11.0. The Hall–Kier alpha value is -4.33. The molecule has 0 aliphatic rings. The lowest BCUT2D eigenvalue weighted by atomic mass is 9.99. The van der Waals surface area contributed by atoms with Gasteiger partial charge in [-0.25, -0.2) is 19.2 Å². The lowest BCUT2D eigenvalue weighted by molar-refractivity contribution is 0.0520. The highest BCUT2D eigenvalue weighted by atomic mass is 19.1. The molecule has 0 saturated carbocycles. The SMILES string of the molecule is CCOC(=O)c1cn2c(-c3ccc4nccc(CC)c4c3)c(-c3ccc(F)cc3)nc(N)c2n1. The number of pyridine rings is 1. The molecule has 34 heavy (non-hydrogen) atoms. The number of rotatable bonds is 5. The molecule has 8 heteroatoms. The van der Waals surface area contributed by atoms with Crippen molar-refractivity contribution in [3.05, 3.63) is 78.0 Å². The summed E-state index contributed by atoms with van der Waals surface area (Å²) < 4.78 is 20.5. The second kappa shape index (κ2) is 8.55. The van der Waals surface area contributed by atoms with E-state index in [-0.39, 0.29) is 23.9 Å². The number of carbonyl (C=O) groups is 1. The molecule has 0 unspecified atom stereocenters. The van der Waals surface area contributed by atoms with Gasteiger partial charge in [-0.05, 0) is 61.4 Å². The summed E-state index contributed by atoms with van der Waals surface area (Å²) in [4.78, 5) is 25.9. The number of aromatic nitrogens is 4. The Kier molecular flexibility index (Phi) is 5.41. The van der Waals surface area contributed by atoms with Crippen LogP contribution in [0.5, 0.6) is 0 Å². The van der Waals surface area contributed by atoms with E-state index < -0.39 is 5.97 Å².